The van der Waals surface area contributed by atoms with Crippen molar-refractivity contribution in [1.29, 1.82) is 0 Å². The first-order valence-electron chi connectivity index (χ1n) is 13.0. The number of piperidine rings is 1. The van der Waals surface area contributed by atoms with Crippen molar-refractivity contribution in [3.63, 3.8) is 0 Å². The van der Waals surface area contributed by atoms with Gasteiger partial charge in [0.25, 0.3) is 5.56 Å². The molecule has 0 bridgehead atoms. The van der Waals surface area contributed by atoms with Crippen LogP contribution < -0.4 is 25.0 Å². The Morgan fingerprint density at radius 1 is 1.15 bits per heavy atom. The van der Waals surface area contributed by atoms with Crippen molar-refractivity contribution in [2.24, 2.45) is 0 Å². The number of fused-ring (bicyclic) bond motifs is 3. The SMILES string of the molecule is CN(C)CCOc1cc(F)c2c(c1)N(CC(F)(F)F)C(=O)C21CCN(c2nc3c(c(=O)[nH]2)CCCN3C)CC1. The standard InChI is InChI=1S/C26H32F4N6O3/c1-33(2)11-12-39-16-13-18(27)20-19(14-16)36(15-26(28,29)30)23(38)25(20)6-9-35(10-7-25)24-31-21-17(22(37)32-24)5-4-8-34(21)3/h13-14H,4-12,15H2,1-3H3,(H,31,32,37). The van der Waals surface area contributed by atoms with Crippen LogP contribution in [0, 0.1) is 5.82 Å². The highest BCUT2D eigenvalue weighted by atomic mass is 19.4. The lowest BCUT2D eigenvalue weighted by Gasteiger charge is -2.39. The number of hydrogen-bond donors (Lipinski definition) is 1. The molecule has 5 rings (SSSR count). The van der Waals surface area contributed by atoms with E-state index < -0.39 is 29.9 Å². The second kappa shape index (κ2) is 10.00. The number of nitrogens with zero attached hydrogens (tertiary/aromatic N) is 5. The van der Waals surface area contributed by atoms with E-state index in [4.69, 9.17) is 4.74 Å². The fourth-order valence-corrected chi connectivity index (χ4v) is 5.82. The molecule has 9 nitrogen and oxygen atoms in total. The minimum Gasteiger partial charge on any atom is -0.492 e. The number of aromatic nitrogens is 2. The van der Waals surface area contributed by atoms with Crippen LogP contribution in [0.5, 0.6) is 5.75 Å². The highest BCUT2D eigenvalue weighted by Crippen LogP contribution is 2.51. The Labute approximate surface area is 223 Å². The molecule has 212 valence electrons. The van der Waals surface area contributed by atoms with Crippen LogP contribution in [0.2, 0.25) is 0 Å². The van der Waals surface area contributed by atoms with Gasteiger partial charge in [-0.1, -0.05) is 0 Å². The van der Waals surface area contributed by atoms with Crippen LogP contribution in [-0.4, -0.2) is 87.4 Å². The van der Waals surface area contributed by atoms with E-state index in [0.29, 0.717) is 35.2 Å². The topological polar surface area (TPSA) is 85.0 Å². The smallest absolute Gasteiger partial charge is 0.406 e. The Hall–Kier alpha value is -3.35. The van der Waals surface area contributed by atoms with Gasteiger partial charge >= 0.3 is 6.18 Å². The second-order valence-corrected chi connectivity index (χ2v) is 10.7. The third-order valence-corrected chi connectivity index (χ3v) is 7.79. The van der Waals surface area contributed by atoms with Crippen molar-refractivity contribution in [2.45, 2.75) is 37.3 Å². The summed E-state index contributed by atoms with van der Waals surface area (Å²) in [5.41, 5.74) is -1.19. The molecule has 1 saturated heterocycles. The molecule has 3 aliphatic heterocycles. The zero-order valence-corrected chi connectivity index (χ0v) is 22.2. The Bertz CT molecular complexity index is 1320. The van der Waals surface area contributed by atoms with Crippen LogP contribution in [0.1, 0.15) is 30.4 Å². The number of halogens is 4. The lowest BCUT2D eigenvalue weighted by Crippen LogP contribution is -2.51. The number of nitrogens with one attached hydrogen (secondary N) is 1. The molecule has 1 aromatic heterocycles. The van der Waals surface area contributed by atoms with Crippen molar-refractivity contribution in [2.75, 3.05) is 75.2 Å². The number of ether oxygens (including phenoxy) is 1. The molecule has 3 aliphatic rings. The van der Waals surface area contributed by atoms with Crippen molar-refractivity contribution in [3.8, 4) is 5.75 Å². The number of anilines is 3. The molecule has 0 aliphatic carbocycles. The predicted molar refractivity (Wildman–Crippen MR) is 138 cm³/mol. The maximum atomic E-state index is 15.6. The summed E-state index contributed by atoms with van der Waals surface area (Å²) in [6.07, 6.45) is -3.05. The zero-order valence-electron chi connectivity index (χ0n) is 22.2. The number of amides is 1. The molecule has 39 heavy (non-hydrogen) atoms. The first-order valence-corrected chi connectivity index (χ1v) is 13.0. The average Bonchev–Trinajstić information content (AvgIpc) is 3.06. The van der Waals surface area contributed by atoms with Crippen molar-refractivity contribution in [3.05, 3.63) is 39.4 Å². The van der Waals surface area contributed by atoms with E-state index >= 15 is 4.39 Å². The molecule has 1 spiro atoms. The van der Waals surface area contributed by atoms with Gasteiger partial charge in [-0.3, -0.25) is 14.6 Å². The van der Waals surface area contributed by atoms with Crippen molar-refractivity contribution >= 4 is 23.4 Å². The van der Waals surface area contributed by atoms with Crippen LogP contribution in [0.15, 0.2) is 16.9 Å². The van der Waals surface area contributed by atoms with Gasteiger partial charge in [-0.05, 0) is 39.8 Å². The van der Waals surface area contributed by atoms with Crippen molar-refractivity contribution in [1.82, 2.24) is 14.9 Å². The van der Waals surface area contributed by atoms with Crippen LogP contribution in [0.4, 0.5) is 35.0 Å². The molecule has 0 saturated carbocycles. The third kappa shape index (κ3) is 5.04. The number of carbonyl (C=O) groups is 1. The molecule has 0 atom stereocenters. The van der Waals surface area contributed by atoms with Gasteiger partial charge in [-0.2, -0.15) is 18.2 Å². The molecule has 2 aromatic rings. The summed E-state index contributed by atoms with van der Waals surface area (Å²) in [4.78, 5) is 40.0. The van der Waals surface area contributed by atoms with E-state index in [9.17, 15) is 22.8 Å². The highest BCUT2D eigenvalue weighted by Gasteiger charge is 2.56. The van der Waals surface area contributed by atoms with Gasteiger partial charge in [0, 0.05) is 50.9 Å². The van der Waals surface area contributed by atoms with Crippen LogP contribution in [0.25, 0.3) is 0 Å². The fraction of sp³-hybridized carbons (Fsp3) is 0.577. The van der Waals surface area contributed by atoms with Crippen molar-refractivity contribution < 1.29 is 27.1 Å². The Morgan fingerprint density at radius 3 is 2.54 bits per heavy atom. The first kappa shape index (κ1) is 27.2. The molecule has 0 unspecified atom stereocenters. The molecular formula is C26H32F4N6O3. The highest BCUT2D eigenvalue weighted by molar-refractivity contribution is 6.08. The van der Waals surface area contributed by atoms with E-state index in [1.54, 1.807) is 4.90 Å². The van der Waals surface area contributed by atoms with Crippen LogP contribution >= 0.6 is 0 Å². The van der Waals surface area contributed by atoms with E-state index in [2.05, 4.69) is 9.97 Å². The molecule has 1 fully saturated rings. The van der Waals surface area contributed by atoms with Gasteiger partial charge in [-0.25, -0.2) is 4.39 Å². The van der Waals surface area contributed by atoms with Crippen LogP contribution in [-0.2, 0) is 16.6 Å². The largest absolute Gasteiger partial charge is 0.492 e. The summed E-state index contributed by atoms with van der Waals surface area (Å²) in [7, 11) is 5.53. The molecule has 1 amide bonds. The number of rotatable bonds is 6. The minimum absolute atomic E-state index is 0.0250. The summed E-state index contributed by atoms with van der Waals surface area (Å²) in [5.74, 6) is -0.522. The molecule has 1 aromatic carbocycles. The lowest BCUT2D eigenvalue weighted by atomic mass is 9.73. The number of hydrogen-bond acceptors (Lipinski definition) is 7. The van der Waals surface area contributed by atoms with Gasteiger partial charge in [-0.15, -0.1) is 0 Å². The van der Waals surface area contributed by atoms with Gasteiger partial charge in [0.1, 0.15) is 30.5 Å². The maximum Gasteiger partial charge on any atom is 0.406 e. The minimum atomic E-state index is -4.67. The second-order valence-electron chi connectivity index (χ2n) is 10.7. The quantitative estimate of drug-likeness (QED) is 0.552. The zero-order chi connectivity index (χ0) is 28.1. The molecular weight excluding hydrogens is 520 g/mol. The van der Waals surface area contributed by atoms with Gasteiger partial charge in [0.05, 0.1) is 16.7 Å². The van der Waals surface area contributed by atoms with E-state index in [-0.39, 0.29) is 55.1 Å². The molecule has 4 heterocycles. The molecule has 13 heteroatoms. The summed E-state index contributed by atoms with van der Waals surface area (Å²) in [6.45, 7) is 0.398. The van der Waals surface area contributed by atoms with E-state index in [0.717, 1.165) is 19.0 Å². The Morgan fingerprint density at radius 2 is 1.87 bits per heavy atom. The first-order chi connectivity index (χ1) is 18.4. The number of carbonyl (C=O) groups excluding carboxylic acids is 1. The maximum absolute atomic E-state index is 15.6. The Kier molecular flexibility index (Phi) is 6.98. The monoisotopic (exact) mass is 552 g/mol. The number of benzene rings is 1. The number of aromatic amines is 1. The fourth-order valence-electron chi connectivity index (χ4n) is 5.82. The Balaban J connectivity index is 1.45. The summed E-state index contributed by atoms with van der Waals surface area (Å²) in [5, 5.41) is 0. The normalized spacial score (nSPS) is 18.7. The summed E-state index contributed by atoms with van der Waals surface area (Å²) in [6, 6.07) is 2.47. The number of alkyl halides is 3. The third-order valence-electron chi connectivity index (χ3n) is 7.79. The molecule has 0 radical (unpaired) electrons. The van der Waals surface area contributed by atoms with Gasteiger partial charge in [0.15, 0.2) is 0 Å². The number of likely N-dealkylation sites (N-methyl/N-ethyl adjacent to an activating group) is 1. The van der Waals surface area contributed by atoms with Gasteiger partial charge in [0.2, 0.25) is 11.9 Å². The lowest BCUT2D eigenvalue weighted by molar-refractivity contribution is -0.135. The van der Waals surface area contributed by atoms with Crippen LogP contribution in [0.3, 0.4) is 0 Å². The summed E-state index contributed by atoms with van der Waals surface area (Å²) >= 11 is 0. The number of H-pyrrole nitrogens is 1. The molecule has 1 N–H and O–H groups in total. The van der Waals surface area contributed by atoms with E-state index in [1.165, 1.54) is 6.07 Å². The van der Waals surface area contributed by atoms with Gasteiger partial charge < -0.3 is 24.3 Å². The predicted octanol–water partition coefficient (Wildman–Crippen LogP) is 2.68. The van der Waals surface area contributed by atoms with E-state index in [1.807, 2.05) is 30.9 Å². The average molecular weight is 553 g/mol. The summed E-state index contributed by atoms with van der Waals surface area (Å²) < 4.78 is 61.8.